The summed E-state index contributed by atoms with van der Waals surface area (Å²) in [7, 11) is 1.74. The quantitative estimate of drug-likeness (QED) is 0.306. The van der Waals surface area contributed by atoms with E-state index in [0.29, 0.717) is 5.92 Å². The maximum atomic E-state index is 6.74. The molecule has 0 amide bonds. The zero-order valence-electron chi connectivity index (χ0n) is 21.3. The summed E-state index contributed by atoms with van der Waals surface area (Å²) in [6, 6.07) is 33.7. The summed E-state index contributed by atoms with van der Waals surface area (Å²) in [5.74, 6) is -0.320. The van der Waals surface area contributed by atoms with Gasteiger partial charge in [-0.25, -0.2) is 0 Å². The van der Waals surface area contributed by atoms with E-state index >= 15 is 0 Å². The normalized spacial score (nSPS) is 32.0. The standard InChI is InChI=1S/C13H21O4.3C6H5.Sn/c1-9-8-10-6-4-5-7-13(10)11(14-3)15-12(9,2)16-17-13;3*1-2-4-6-5-3-1;/h9-11H,1,4-8H2,2-3H3;3*1-5H;/t9?,10-,11+,12-,13+;;;;/m1..../s1. The molecule has 1 saturated carbocycles. The van der Waals surface area contributed by atoms with Crippen molar-refractivity contribution in [1.82, 2.24) is 0 Å². The van der Waals surface area contributed by atoms with Crippen LogP contribution in [-0.2, 0) is 19.2 Å². The summed E-state index contributed by atoms with van der Waals surface area (Å²) in [6.45, 7) is 2.07. The molecule has 1 spiro atoms. The van der Waals surface area contributed by atoms with E-state index in [1.807, 2.05) is 0 Å². The van der Waals surface area contributed by atoms with Gasteiger partial charge in [0.15, 0.2) is 0 Å². The Morgan fingerprint density at radius 1 is 0.806 bits per heavy atom. The van der Waals surface area contributed by atoms with Crippen molar-refractivity contribution in [3.63, 3.8) is 0 Å². The number of hydrogen-bond donors (Lipinski definition) is 0. The number of ether oxygens (including phenoxy) is 2. The third-order valence-electron chi connectivity index (χ3n) is 9.04. The summed E-state index contributed by atoms with van der Waals surface area (Å²) in [5, 5.41) is 0. The predicted molar refractivity (Wildman–Crippen MR) is 144 cm³/mol. The van der Waals surface area contributed by atoms with Crippen molar-refractivity contribution >= 4 is 29.1 Å². The van der Waals surface area contributed by atoms with Crippen LogP contribution < -0.4 is 10.7 Å². The molecular formula is C31H36O4Sn. The van der Waals surface area contributed by atoms with Crippen molar-refractivity contribution in [3.8, 4) is 0 Å². The van der Waals surface area contributed by atoms with Gasteiger partial charge in [-0.1, -0.05) is 0 Å². The number of rotatable bonds is 6. The molecule has 36 heavy (non-hydrogen) atoms. The number of methoxy groups -OCH3 is 1. The van der Waals surface area contributed by atoms with Crippen molar-refractivity contribution in [2.75, 3.05) is 7.11 Å². The Labute approximate surface area is 218 Å². The number of hydrogen-bond acceptors (Lipinski definition) is 4. The second-order valence-corrected chi connectivity index (χ2v) is 22.2. The van der Waals surface area contributed by atoms with E-state index in [2.05, 4.69) is 97.9 Å². The zero-order valence-corrected chi connectivity index (χ0v) is 24.1. The van der Waals surface area contributed by atoms with Gasteiger partial charge in [0.2, 0.25) is 0 Å². The van der Waals surface area contributed by atoms with E-state index in [0.717, 1.165) is 30.1 Å². The summed E-state index contributed by atoms with van der Waals surface area (Å²) < 4.78 is 18.2. The van der Waals surface area contributed by atoms with Gasteiger partial charge in [-0.2, -0.15) is 0 Å². The Morgan fingerprint density at radius 3 is 1.89 bits per heavy atom. The van der Waals surface area contributed by atoms with Gasteiger partial charge < -0.3 is 0 Å². The molecule has 1 unspecified atom stereocenters. The Bertz CT molecular complexity index is 1060. The molecule has 3 saturated heterocycles. The molecule has 3 heterocycles. The maximum absolute atomic E-state index is 6.74. The summed E-state index contributed by atoms with van der Waals surface area (Å²) in [5.41, 5.74) is -0.508. The van der Waals surface area contributed by atoms with Gasteiger partial charge in [0.1, 0.15) is 0 Å². The fraction of sp³-hybridized carbons (Fsp3) is 0.419. The summed E-state index contributed by atoms with van der Waals surface area (Å²) >= 11 is -3.54. The van der Waals surface area contributed by atoms with E-state index < -0.39 is 36.1 Å². The molecule has 7 rings (SSSR count). The van der Waals surface area contributed by atoms with Crippen LogP contribution in [-0.4, -0.2) is 43.2 Å². The first-order valence-electron chi connectivity index (χ1n) is 13.3. The second-order valence-electron chi connectivity index (χ2n) is 10.9. The van der Waals surface area contributed by atoms with Crippen molar-refractivity contribution in [2.45, 2.75) is 61.1 Å². The average Bonchev–Trinajstić information content (AvgIpc) is 3.13. The molecule has 2 bridgehead atoms. The van der Waals surface area contributed by atoms with Crippen LogP contribution in [0.4, 0.5) is 0 Å². The van der Waals surface area contributed by atoms with E-state index in [4.69, 9.17) is 19.2 Å². The van der Waals surface area contributed by atoms with Gasteiger partial charge in [0.25, 0.3) is 0 Å². The molecule has 5 heteroatoms. The number of benzene rings is 3. The average molecular weight is 591 g/mol. The van der Waals surface area contributed by atoms with Crippen LogP contribution in [0.1, 0.15) is 39.0 Å². The van der Waals surface area contributed by atoms with Crippen molar-refractivity contribution in [1.29, 1.82) is 0 Å². The van der Waals surface area contributed by atoms with E-state index in [1.165, 1.54) is 17.2 Å². The topological polar surface area (TPSA) is 36.9 Å². The Morgan fingerprint density at radius 2 is 1.36 bits per heavy atom. The molecule has 188 valence electrons. The second kappa shape index (κ2) is 9.88. The van der Waals surface area contributed by atoms with Gasteiger partial charge in [-0.15, -0.1) is 0 Å². The Balaban J connectivity index is 1.52. The minimum absolute atomic E-state index is 0.180. The minimum atomic E-state index is -3.54. The van der Waals surface area contributed by atoms with E-state index in [9.17, 15) is 0 Å². The van der Waals surface area contributed by atoms with Gasteiger partial charge in [-0.05, 0) is 0 Å². The monoisotopic (exact) mass is 592 g/mol. The molecule has 4 nitrogen and oxygen atoms in total. The molecule has 5 atom stereocenters. The molecule has 3 aromatic carbocycles. The Hall–Kier alpha value is -1.70. The van der Waals surface area contributed by atoms with Crippen LogP contribution in [0.2, 0.25) is 4.44 Å². The van der Waals surface area contributed by atoms with Crippen molar-refractivity contribution in [2.24, 2.45) is 11.8 Å². The molecule has 1 aliphatic carbocycles. The molecular weight excluding hydrogens is 555 g/mol. The first-order valence-corrected chi connectivity index (χ1v) is 19.6. The fourth-order valence-corrected chi connectivity index (χ4v) is 22.2. The first kappa shape index (κ1) is 24.6. The molecule has 0 aromatic heterocycles. The van der Waals surface area contributed by atoms with Crippen LogP contribution in [0.25, 0.3) is 0 Å². The molecule has 4 aliphatic rings. The van der Waals surface area contributed by atoms with Crippen LogP contribution in [0.15, 0.2) is 91.0 Å². The van der Waals surface area contributed by atoms with Crippen molar-refractivity contribution in [3.05, 3.63) is 91.0 Å². The summed E-state index contributed by atoms with van der Waals surface area (Å²) in [4.78, 5) is 12.6. The Kier molecular flexibility index (Phi) is 6.76. The third-order valence-corrected chi connectivity index (χ3v) is 23.5. The molecule has 0 N–H and O–H groups in total. The van der Waals surface area contributed by atoms with E-state index in [1.54, 1.807) is 7.11 Å². The third kappa shape index (κ3) is 3.97. The first-order chi connectivity index (χ1) is 17.6. The van der Waals surface area contributed by atoms with Gasteiger partial charge in [0, 0.05) is 0 Å². The fourth-order valence-electron chi connectivity index (χ4n) is 7.14. The molecule has 3 aromatic rings. The molecule has 3 aliphatic heterocycles. The van der Waals surface area contributed by atoms with Crippen LogP contribution in [0, 0.1) is 11.8 Å². The van der Waals surface area contributed by atoms with Crippen LogP contribution in [0.5, 0.6) is 0 Å². The van der Waals surface area contributed by atoms with Gasteiger partial charge in [-0.3, -0.25) is 0 Å². The van der Waals surface area contributed by atoms with E-state index in [-0.39, 0.29) is 5.92 Å². The summed E-state index contributed by atoms with van der Waals surface area (Å²) in [6.07, 6.45) is 5.02. The zero-order chi connectivity index (χ0) is 24.6. The molecule has 4 fully saturated rings. The van der Waals surface area contributed by atoms with Crippen LogP contribution >= 0.6 is 0 Å². The van der Waals surface area contributed by atoms with Crippen molar-refractivity contribution < 1.29 is 19.2 Å². The van der Waals surface area contributed by atoms with Gasteiger partial charge in [0.05, 0.1) is 0 Å². The SMILES string of the molecule is CO[C@H]1O[C@]2(C)OO[C@]13CCCC[C@@H]3CC2[CH2][Sn]([c]1ccccc1)([c]1ccccc1)[c]1ccccc1. The number of fused-ring (bicyclic) bond motifs is 3. The molecule has 0 radical (unpaired) electrons. The predicted octanol–water partition coefficient (Wildman–Crippen LogP) is 4.77. The van der Waals surface area contributed by atoms with Gasteiger partial charge >= 0.3 is 219 Å². The van der Waals surface area contributed by atoms with Crippen LogP contribution in [0.3, 0.4) is 0 Å².